The van der Waals surface area contributed by atoms with Crippen molar-refractivity contribution in [2.24, 2.45) is 0 Å². The minimum absolute atomic E-state index is 0.0480. The second-order valence-corrected chi connectivity index (χ2v) is 8.62. The number of nitrogens with zero attached hydrogens (tertiary/aromatic N) is 3. The summed E-state index contributed by atoms with van der Waals surface area (Å²) in [7, 11) is 0. The Bertz CT molecular complexity index is 1470. The summed E-state index contributed by atoms with van der Waals surface area (Å²) in [6.07, 6.45) is -4.68. The van der Waals surface area contributed by atoms with E-state index >= 15 is 0 Å². The Balaban J connectivity index is 1.53. The summed E-state index contributed by atoms with van der Waals surface area (Å²) in [6, 6.07) is 14.6. The summed E-state index contributed by atoms with van der Waals surface area (Å²) >= 11 is 0. The molecule has 38 heavy (non-hydrogen) atoms. The topological polar surface area (TPSA) is 92.9 Å². The summed E-state index contributed by atoms with van der Waals surface area (Å²) in [4.78, 5) is 20.0. The molecule has 12 heteroatoms. The molecule has 0 fully saturated rings. The van der Waals surface area contributed by atoms with Crippen molar-refractivity contribution in [3.8, 4) is 22.6 Å². The average molecular weight is 531 g/mol. The molecule has 198 valence electrons. The largest absolute Gasteiger partial charge is 0.463 e. The van der Waals surface area contributed by atoms with Crippen LogP contribution < -0.4 is 10.6 Å². The number of carbonyl (C=O) groups is 1. The number of pyridine rings is 1. The van der Waals surface area contributed by atoms with Crippen LogP contribution in [0.1, 0.15) is 22.5 Å². The molecule has 2 aromatic carbocycles. The van der Waals surface area contributed by atoms with E-state index < -0.39 is 18.0 Å². The number of carbonyl (C=O) groups excluding carboxylic acids is 1. The number of halogens is 5. The number of aryl methyl sites for hydroxylation is 3. The van der Waals surface area contributed by atoms with Crippen LogP contribution >= 0.6 is 0 Å². The Morgan fingerprint density at radius 3 is 2.29 bits per heavy atom. The van der Waals surface area contributed by atoms with Crippen LogP contribution in [0.3, 0.4) is 0 Å². The van der Waals surface area contributed by atoms with E-state index in [1.54, 1.807) is 12.2 Å². The van der Waals surface area contributed by atoms with Crippen LogP contribution in [0.4, 0.5) is 33.5 Å². The van der Waals surface area contributed by atoms with E-state index in [-0.39, 0.29) is 23.6 Å². The van der Waals surface area contributed by atoms with E-state index in [0.29, 0.717) is 11.7 Å². The standard InChI is InChI=1S/C26H22F5N5O2/c1-14-4-9-19(23-34-16(3)36-38-23)20(12-14)18-7-5-17(6-8-18)13-33-22-21(15(2)10-11-32-22)35-24(37)25(27,28)26(29,30)31/h4-12H,13H2,1-3H3,(H,32,33)(H,35,37). The van der Waals surface area contributed by atoms with Crippen molar-refractivity contribution in [3.05, 3.63) is 77.2 Å². The number of aromatic nitrogens is 3. The second-order valence-electron chi connectivity index (χ2n) is 8.62. The highest BCUT2D eigenvalue weighted by atomic mass is 19.4. The van der Waals surface area contributed by atoms with Crippen molar-refractivity contribution >= 4 is 17.4 Å². The fourth-order valence-electron chi connectivity index (χ4n) is 3.65. The number of benzene rings is 2. The van der Waals surface area contributed by atoms with Gasteiger partial charge in [0.05, 0.1) is 5.69 Å². The second kappa shape index (κ2) is 10.2. The monoisotopic (exact) mass is 531 g/mol. The summed E-state index contributed by atoms with van der Waals surface area (Å²) < 4.78 is 70.1. The number of amides is 1. The minimum Gasteiger partial charge on any atom is -0.364 e. The predicted octanol–water partition coefficient (Wildman–Crippen LogP) is 6.47. The first-order chi connectivity index (χ1) is 17.9. The van der Waals surface area contributed by atoms with Gasteiger partial charge in [-0.05, 0) is 55.2 Å². The minimum atomic E-state index is -6.03. The van der Waals surface area contributed by atoms with Gasteiger partial charge < -0.3 is 15.2 Å². The predicted molar refractivity (Wildman–Crippen MR) is 131 cm³/mol. The molecule has 0 aliphatic heterocycles. The number of rotatable bonds is 7. The summed E-state index contributed by atoms with van der Waals surface area (Å²) in [5.41, 5.74) is 4.30. The van der Waals surface area contributed by atoms with Gasteiger partial charge in [0.25, 0.3) is 5.89 Å². The molecule has 0 aliphatic rings. The van der Waals surface area contributed by atoms with Crippen molar-refractivity contribution in [3.63, 3.8) is 0 Å². The lowest BCUT2D eigenvalue weighted by molar-refractivity contribution is -0.267. The van der Waals surface area contributed by atoms with Crippen LogP contribution in [-0.2, 0) is 11.3 Å². The lowest BCUT2D eigenvalue weighted by Gasteiger charge is -2.20. The van der Waals surface area contributed by atoms with Gasteiger partial charge in [-0.1, -0.05) is 47.1 Å². The molecule has 4 rings (SSSR count). The fourth-order valence-corrected chi connectivity index (χ4v) is 3.65. The van der Waals surface area contributed by atoms with Crippen LogP contribution in [0.15, 0.2) is 59.3 Å². The Kier molecular flexibility index (Phi) is 7.16. The third kappa shape index (κ3) is 5.48. The summed E-state index contributed by atoms with van der Waals surface area (Å²) in [5.74, 6) is -7.20. The van der Waals surface area contributed by atoms with Crippen LogP contribution in [0.2, 0.25) is 0 Å². The Hall–Kier alpha value is -4.35. The van der Waals surface area contributed by atoms with E-state index in [0.717, 1.165) is 27.8 Å². The van der Waals surface area contributed by atoms with Gasteiger partial charge in [0, 0.05) is 18.3 Å². The van der Waals surface area contributed by atoms with Gasteiger partial charge in [0.15, 0.2) is 5.82 Å². The van der Waals surface area contributed by atoms with Crippen molar-refractivity contribution in [1.29, 1.82) is 0 Å². The van der Waals surface area contributed by atoms with Crippen molar-refractivity contribution in [2.75, 3.05) is 10.6 Å². The molecule has 7 nitrogen and oxygen atoms in total. The highest BCUT2D eigenvalue weighted by molar-refractivity contribution is 5.99. The highest BCUT2D eigenvalue weighted by Gasteiger charge is 2.63. The lowest BCUT2D eigenvalue weighted by Crippen LogP contribution is -2.47. The Morgan fingerprint density at radius 1 is 0.947 bits per heavy atom. The molecule has 4 aromatic rings. The zero-order valence-electron chi connectivity index (χ0n) is 20.5. The molecular weight excluding hydrogens is 509 g/mol. The number of hydrogen-bond donors (Lipinski definition) is 2. The van der Waals surface area contributed by atoms with Gasteiger partial charge in [-0.2, -0.15) is 26.9 Å². The molecule has 0 bridgehead atoms. The van der Waals surface area contributed by atoms with E-state index in [2.05, 4.69) is 20.4 Å². The van der Waals surface area contributed by atoms with Crippen molar-refractivity contribution in [1.82, 2.24) is 15.1 Å². The Morgan fingerprint density at radius 2 is 1.66 bits per heavy atom. The average Bonchev–Trinajstić information content (AvgIpc) is 3.29. The molecule has 2 N–H and O–H groups in total. The number of anilines is 2. The maximum atomic E-state index is 13.5. The van der Waals surface area contributed by atoms with Gasteiger partial charge in [-0.25, -0.2) is 4.98 Å². The number of alkyl halides is 5. The zero-order chi connectivity index (χ0) is 27.7. The Labute approximate surface area is 214 Å². The first-order valence-corrected chi connectivity index (χ1v) is 11.3. The molecule has 0 saturated heterocycles. The summed E-state index contributed by atoms with van der Waals surface area (Å²) in [6.45, 7) is 5.29. The van der Waals surface area contributed by atoms with E-state index in [1.807, 2.05) is 49.4 Å². The zero-order valence-corrected chi connectivity index (χ0v) is 20.5. The molecule has 2 heterocycles. The van der Waals surface area contributed by atoms with Crippen molar-refractivity contribution in [2.45, 2.75) is 39.4 Å². The summed E-state index contributed by atoms with van der Waals surface area (Å²) in [5, 5.41) is 8.41. The van der Waals surface area contributed by atoms with E-state index in [1.165, 1.54) is 19.2 Å². The quantitative estimate of drug-likeness (QED) is 0.266. The molecule has 2 aromatic heterocycles. The maximum absolute atomic E-state index is 13.5. The molecule has 0 atom stereocenters. The van der Waals surface area contributed by atoms with Crippen LogP contribution in [-0.4, -0.2) is 33.1 Å². The molecule has 0 spiro atoms. The van der Waals surface area contributed by atoms with Gasteiger partial charge in [-0.3, -0.25) is 4.79 Å². The third-order valence-corrected chi connectivity index (χ3v) is 5.70. The molecule has 0 unspecified atom stereocenters. The van der Waals surface area contributed by atoms with Gasteiger partial charge in [0.2, 0.25) is 0 Å². The van der Waals surface area contributed by atoms with Crippen LogP contribution in [0, 0.1) is 20.8 Å². The SMILES string of the molecule is Cc1ccc(-c2nc(C)no2)c(-c2ccc(CNc3nccc(C)c3NC(=O)C(F)(F)C(F)(F)F)cc2)c1. The highest BCUT2D eigenvalue weighted by Crippen LogP contribution is 2.37. The van der Waals surface area contributed by atoms with E-state index in [9.17, 15) is 26.7 Å². The first kappa shape index (κ1) is 26.7. The molecule has 0 aliphatic carbocycles. The van der Waals surface area contributed by atoms with Crippen LogP contribution in [0.25, 0.3) is 22.6 Å². The van der Waals surface area contributed by atoms with Gasteiger partial charge in [-0.15, -0.1) is 0 Å². The first-order valence-electron chi connectivity index (χ1n) is 11.3. The normalized spacial score (nSPS) is 11.9. The fraction of sp³-hybridized carbons (Fsp3) is 0.231. The lowest BCUT2D eigenvalue weighted by atomic mass is 9.96. The molecule has 0 radical (unpaired) electrons. The maximum Gasteiger partial charge on any atom is 0.463 e. The van der Waals surface area contributed by atoms with Crippen LogP contribution in [0.5, 0.6) is 0 Å². The molecule has 1 amide bonds. The van der Waals surface area contributed by atoms with Crippen molar-refractivity contribution < 1.29 is 31.3 Å². The third-order valence-electron chi connectivity index (χ3n) is 5.70. The van der Waals surface area contributed by atoms with Gasteiger partial charge >= 0.3 is 18.0 Å². The van der Waals surface area contributed by atoms with Gasteiger partial charge in [0.1, 0.15) is 5.82 Å². The molecule has 0 saturated carbocycles. The van der Waals surface area contributed by atoms with E-state index in [4.69, 9.17) is 4.52 Å². The number of hydrogen-bond acceptors (Lipinski definition) is 6. The number of nitrogens with one attached hydrogen (secondary N) is 2. The molecular formula is C26H22F5N5O2. The smallest absolute Gasteiger partial charge is 0.364 e.